The number of carbonyl (C=O) groups excluding carboxylic acids is 1. The second kappa shape index (κ2) is 7.74. The molecule has 2 aromatic heterocycles. The average molecular weight is 372 g/mol. The number of hydrogen-bond donors (Lipinski definition) is 0. The fourth-order valence-corrected chi connectivity index (χ4v) is 3.06. The molecule has 26 heavy (non-hydrogen) atoms. The molecule has 0 atom stereocenters. The standard InChI is InChI=1S/C18H20N4O3S/c1-11-12(2)19-17-20-18(21-22(17)13(11)3)26-9-8-25-15-7-5-6-14(10-15)16(23)24-4/h5-7,10H,8-9H2,1-4H3. The molecule has 1 aromatic carbocycles. The van der Waals surface area contributed by atoms with Crippen molar-refractivity contribution < 1.29 is 14.3 Å². The third kappa shape index (κ3) is 3.80. The monoisotopic (exact) mass is 372 g/mol. The lowest BCUT2D eigenvalue weighted by molar-refractivity contribution is 0.0600. The van der Waals surface area contributed by atoms with Crippen molar-refractivity contribution in [1.29, 1.82) is 0 Å². The van der Waals surface area contributed by atoms with E-state index in [4.69, 9.17) is 9.47 Å². The predicted octanol–water partition coefficient (Wildman–Crippen LogP) is 3.01. The van der Waals surface area contributed by atoms with Crippen molar-refractivity contribution in [2.24, 2.45) is 0 Å². The largest absolute Gasteiger partial charge is 0.493 e. The fraction of sp³-hybridized carbons (Fsp3) is 0.333. The summed E-state index contributed by atoms with van der Waals surface area (Å²) in [7, 11) is 1.36. The van der Waals surface area contributed by atoms with Crippen LogP contribution in [0.15, 0.2) is 29.4 Å². The maximum Gasteiger partial charge on any atom is 0.337 e. The van der Waals surface area contributed by atoms with Gasteiger partial charge < -0.3 is 9.47 Å². The quantitative estimate of drug-likeness (QED) is 0.374. The zero-order chi connectivity index (χ0) is 18.7. The molecule has 0 amide bonds. The van der Waals surface area contributed by atoms with Gasteiger partial charge >= 0.3 is 5.97 Å². The Balaban J connectivity index is 1.60. The Bertz CT molecular complexity index is 955. The minimum Gasteiger partial charge on any atom is -0.493 e. The number of esters is 1. The van der Waals surface area contributed by atoms with E-state index < -0.39 is 0 Å². The molecule has 0 saturated carbocycles. The molecule has 136 valence electrons. The summed E-state index contributed by atoms with van der Waals surface area (Å²) in [4.78, 5) is 20.5. The van der Waals surface area contributed by atoms with Crippen LogP contribution >= 0.6 is 11.8 Å². The number of ether oxygens (including phenoxy) is 2. The lowest BCUT2D eigenvalue weighted by Crippen LogP contribution is -2.04. The molecule has 2 heterocycles. The number of rotatable bonds is 6. The van der Waals surface area contributed by atoms with Crippen LogP contribution < -0.4 is 4.74 Å². The zero-order valence-electron chi connectivity index (χ0n) is 15.1. The summed E-state index contributed by atoms with van der Waals surface area (Å²) >= 11 is 1.50. The van der Waals surface area contributed by atoms with Gasteiger partial charge in [-0.3, -0.25) is 0 Å². The van der Waals surface area contributed by atoms with E-state index in [1.807, 2.05) is 20.8 Å². The van der Waals surface area contributed by atoms with Gasteiger partial charge in [0.05, 0.1) is 19.3 Å². The normalized spacial score (nSPS) is 10.9. The van der Waals surface area contributed by atoms with E-state index in [9.17, 15) is 4.79 Å². The van der Waals surface area contributed by atoms with Gasteiger partial charge in [-0.2, -0.15) is 4.98 Å². The van der Waals surface area contributed by atoms with Gasteiger partial charge in [0.1, 0.15) is 5.75 Å². The molecule has 7 nitrogen and oxygen atoms in total. The number of aromatic nitrogens is 4. The van der Waals surface area contributed by atoms with E-state index in [2.05, 4.69) is 15.1 Å². The lowest BCUT2D eigenvalue weighted by atomic mass is 10.2. The first-order chi connectivity index (χ1) is 12.5. The summed E-state index contributed by atoms with van der Waals surface area (Å²) < 4.78 is 12.2. The topological polar surface area (TPSA) is 78.6 Å². The SMILES string of the molecule is COC(=O)c1cccc(OCCSc2nc3nc(C)c(C)c(C)n3n2)c1. The Morgan fingerprint density at radius 3 is 2.81 bits per heavy atom. The number of benzene rings is 1. The minimum atomic E-state index is -0.382. The van der Waals surface area contributed by atoms with Gasteiger partial charge in [0.2, 0.25) is 5.16 Å². The first-order valence-corrected chi connectivity index (χ1v) is 9.12. The molecule has 0 aliphatic rings. The van der Waals surface area contributed by atoms with E-state index >= 15 is 0 Å². The summed E-state index contributed by atoms with van der Waals surface area (Å²) in [5, 5.41) is 5.16. The number of fused-ring (bicyclic) bond motifs is 1. The molecule has 0 radical (unpaired) electrons. The first kappa shape index (κ1) is 18.2. The van der Waals surface area contributed by atoms with Crippen LogP contribution in [0.1, 0.15) is 27.3 Å². The molecule has 0 aliphatic carbocycles. The second-order valence-electron chi connectivity index (χ2n) is 5.73. The third-order valence-corrected chi connectivity index (χ3v) is 4.88. The van der Waals surface area contributed by atoms with E-state index in [1.54, 1.807) is 28.8 Å². The number of carbonyl (C=O) groups is 1. The van der Waals surface area contributed by atoms with Gasteiger partial charge in [-0.15, -0.1) is 5.10 Å². The number of hydrogen-bond acceptors (Lipinski definition) is 7. The number of aryl methyl sites for hydroxylation is 2. The molecule has 0 bridgehead atoms. The van der Waals surface area contributed by atoms with Gasteiger partial charge in [-0.05, 0) is 44.5 Å². The third-order valence-electron chi connectivity index (χ3n) is 4.08. The van der Waals surface area contributed by atoms with Crippen LogP contribution in [0.4, 0.5) is 0 Å². The Labute approximate surface area is 155 Å². The van der Waals surface area contributed by atoms with E-state index in [0.29, 0.717) is 34.6 Å². The Morgan fingerprint density at radius 2 is 2.04 bits per heavy atom. The van der Waals surface area contributed by atoms with Crippen molar-refractivity contribution in [2.45, 2.75) is 25.9 Å². The molecular weight excluding hydrogens is 352 g/mol. The highest BCUT2D eigenvalue weighted by molar-refractivity contribution is 7.99. The van der Waals surface area contributed by atoms with Crippen molar-refractivity contribution in [1.82, 2.24) is 19.6 Å². The summed E-state index contributed by atoms with van der Waals surface area (Å²) in [5.74, 6) is 1.53. The predicted molar refractivity (Wildman–Crippen MR) is 99.0 cm³/mol. The maximum absolute atomic E-state index is 11.5. The maximum atomic E-state index is 11.5. The van der Waals surface area contributed by atoms with Crippen LogP contribution in [0.5, 0.6) is 5.75 Å². The van der Waals surface area contributed by atoms with E-state index in [0.717, 1.165) is 17.0 Å². The highest BCUT2D eigenvalue weighted by Gasteiger charge is 2.11. The van der Waals surface area contributed by atoms with Gasteiger partial charge in [0.15, 0.2) is 0 Å². The van der Waals surface area contributed by atoms with Crippen LogP contribution in [0, 0.1) is 20.8 Å². The van der Waals surface area contributed by atoms with Gasteiger partial charge in [-0.25, -0.2) is 14.3 Å². The van der Waals surface area contributed by atoms with Crippen LogP contribution in [0.25, 0.3) is 5.78 Å². The zero-order valence-corrected chi connectivity index (χ0v) is 16.0. The van der Waals surface area contributed by atoms with Gasteiger partial charge in [0.25, 0.3) is 5.78 Å². The average Bonchev–Trinajstić information content (AvgIpc) is 3.06. The number of nitrogens with zero attached hydrogens (tertiary/aromatic N) is 4. The summed E-state index contributed by atoms with van der Waals surface area (Å²) in [5.41, 5.74) is 3.59. The molecule has 0 fully saturated rings. The van der Waals surface area contributed by atoms with Crippen molar-refractivity contribution >= 4 is 23.5 Å². The molecule has 8 heteroatoms. The van der Waals surface area contributed by atoms with Crippen LogP contribution in [-0.2, 0) is 4.74 Å². The van der Waals surface area contributed by atoms with Crippen molar-refractivity contribution in [2.75, 3.05) is 19.5 Å². The Kier molecular flexibility index (Phi) is 5.41. The van der Waals surface area contributed by atoms with Crippen LogP contribution in [0.3, 0.4) is 0 Å². The summed E-state index contributed by atoms with van der Waals surface area (Å²) in [6.45, 7) is 6.48. The Hall–Kier alpha value is -2.61. The second-order valence-corrected chi connectivity index (χ2v) is 6.79. The highest BCUT2D eigenvalue weighted by atomic mass is 32.2. The summed E-state index contributed by atoms with van der Waals surface area (Å²) in [6, 6.07) is 6.92. The summed E-state index contributed by atoms with van der Waals surface area (Å²) in [6.07, 6.45) is 0. The van der Waals surface area contributed by atoms with Gasteiger partial charge in [-0.1, -0.05) is 17.8 Å². The van der Waals surface area contributed by atoms with Crippen molar-refractivity contribution in [3.63, 3.8) is 0 Å². The number of methoxy groups -OCH3 is 1. The van der Waals surface area contributed by atoms with Crippen LogP contribution in [0.2, 0.25) is 0 Å². The molecule has 0 spiro atoms. The molecular formula is C18H20N4O3S. The molecule has 0 aliphatic heterocycles. The van der Waals surface area contributed by atoms with E-state index in [1.165, 1.54) is 18.9 Å². The van der Waals surface area contributed by atoms with Crippen molar-refractivity contribution in [3.8, 4) is 5.75 Å². The Morgan fingerprint density at radius 1 is 1.23 bits per heavy atom. The number of thioether (sulfide) groups is 1. The highest BCUT2D eigenvalue weighted by Crippen LogP contribution is 2.19. The van der Waals surface area contributed by atoms with Crippen LogP contribution in [-0.4, -0.2) is 45.0 Å². The smallest absolute Gasteiger partial charge is 0.337 e. The minimum absolute atomic E-state index is 0.382. The molecule has 3 rings (SSSR count). The molecule has 0 unspecified atom stereocenters. The molecule has 0 N–H and O–H groups in total. The first-order valence-electron chi connectivity index (χ1n) is 8.14. The van der Waals surface area contributed by atoms with Gasteiger partial charge in [0, 0.05) is 17.1 Å². The molecule has 3 aromatic rings. The van der Waals surface area contributed by atoms with Crippen molar-refractivity contribution in [3.05, 3.63) is 46.8 Å². The van der Waals surface area contributed by atoms with E-state index in [-0.39, 0.29) is 5.97 Å². The fourth-order valence-electron chi connectivity index (χ4n) is 2.42. The lowest BCUT2D eigenvalue weighted by Gasteiger charge is -2.06. The molecule has 0 saturated heterocycles.